The van der Waals surface area contributed by atoms with Gasteiger partial charge in [0.2, 0.25) is 0 Å². The van der Waals surface area contributed by atoms with E-state index in [1.165, 1.54) is 0 Å². The largest absolute Gasteiger partial charge is 0.444 e. The molecule has 0 aromatic carbocycles. The molecule has 26 heavy (non-hydrogen) atoms. The molecule has 1 heterocycles. The third kappa shape index (κ3) is 6.25. The standard InChI is InChI=1S/C19H36N2O4Si/c1-18(2,3)24-17(23)21-13-14(25-26(7,8)19(4,5)6)12-15(21)16(22)10-9-11-20/h14-16,22H,9-10,12-13H2,1-8H3/t14-,15+,16-/m1/s1. The van der Waals surface area contributed by atoms with E-state index < -0.39 is 26.1 Å². The Balaban J connectivity index is 2.94. The second kappa shape index (κ2) is 8.28. The fraction of sp³-hybridized carbons (Fsp3) is 0.895. The molecule has 1 saturated heterocycles. The van der Waals surface area contributed by atoms with E-state index in [0.29, 0.717) is 19.4 Å². The topological polar surface area (TPSA) is 82.8 Å². The highest BCUT2D eigenvalue weighted by molar-refractivity contribution is 6.74. The minimum absolute atomic E-state index is 0.0707. The van der Waals surface area contributed by atoms with Crippen LogP contribution in [0.15, 0.2) is 0 Å². The summed E-state index contributed by atoms with van der Waals surface area (Å²) in [6.07, 6.45) is -0.140. The molecule has 1 fully saturated rings. The molecule has 0 unspecified atom stereocenters. The minimum atomic E-state index is -1.98. The van der Waals surface area contributed by atoms with Crippen LogP contribution in [0.5, 0.6) is 0 Å². The Morgan fingerprint density at radius 1 is 1.31 bits per heavy atom. The molecule has 1 amide bonds. The van der Waals surface area contributed by atoms with Crippen LogP contribution in [0.25, 0.3) is 0 Å². The Morgan fingerprint density at radius 3 is 2.35 bits per heavy atom. The van der Waals surface area contributed by atoms with Gasteiger partial charge < -0.3 is 14.3 Å². The number of likely N-dealkylation sites (tertiary alicyclic amines) is 1. The number of ether oxygens (including phenoxy) is 1. The normalized spacial score (nSPS) is 22.8. The fourth-order valence-electron chi connectivity index (χ4n) is 2.80. The molecule has 0 saturated carbocycles. The van der Waals surface area contributed by atoms with Crippen molar-refractivity contribution < 1.29 is 19.1 Å². The van der Waals surface area contributed by atoms with E-state index in [2.05, 4.69) is 39.9 Å². The molecule has 0 aliphatic carbocycles. The molecule has 0 aromatic rings. The van der Waals surface area contributed by atoms with Crippen molar-refractivity contribution in [2.24, 2.45) is 0 Å². The van der Waals surface area contributed by atoms with Gasteiger partial charge in [-0.15, -0.1) is 0 Å². The maximum absolute atomic E-state index is 12.6. The van der Waals surface area contributed by atoms with E-state index in [1.54, 1.807) is 4.90 Å². The number of carbonyl (C=O) groups excluding carboxylic acids is 1. The first-order valence-electron chi connectivity index (χ1n) is 9.40. The van der Waals surface area contributed by atoms with Crippen molar-refractivity contribution in [1.82, 2.24) is 4.90 Å². The number of aliphatic hydroxyl groups excluding tert-OH is 1. The molecule has 1 N–H and O–H groups in total. The third-order valence-electron chi connectivity index (χ3n) is 5.20. The smallest absolute Gasteiger partial charge is 0.410 e. The molecule has 1 aliphatic rings. The number of nitriles is 1. The summed E-state index contributed by atoms with van der Waals surface area (Å²) >= 11 is 0. The second-order valence-corrected chi connectivity index (χ2v) is 14.5. The molecule has 1 rings (SSSR count). The first-order valence-corrected chi connectivity index (χ1v) is 12.3. The lowest BCUT2D eigenvalue weighted by Crippen LogP contribution is -2.46. The lowest BCUT2D eigenvalue weighted by atomic mass is 10.0. The van der Waals surface area contributed by atoms with E-state index in [-0.39, 0.29) is 23.6 Å². The number of nitrogens with zero attached hydrogens (tertiary/aromatic N) is 2. The van der Waals surface area contributed by atoms with Crippen LogP contribution >= 0.6 is 0 Å². The predicted octanol–water partition coefficient (Wildman–Crippen LogP) is 4.05. The van der Waals surface area contributed by atoms with Gasteiger partial charge in [0.15, 0.2) is 8.32 Å². The zero-order valence-corrected chi connectivity index (χ0v) is 18.6. The van der Waals surface area contributed by atoms with Crippen molar-refractivity contribution in [3.05, 3.63) is 0 Å². The summed E-state index contributed by atoms with van der Waals surface area (Å²) in [4.78, 5) is 14.2. The van der Waals surface area contributed by atoms with Gasteiger partial charge in [-0.3, -0.25) is 4.90 Å². The molecule has 3 atom stereocenters. The molecule has 6 nitrogen and oxygen atoms in total. The molecule has 0 spiro atoms. The molecule has 0 radical (unpaired) electrons. The van der Waals surface area contributed by atoms with Gasteiger partial charge in [-0.1, -0.05) is 20.8 Å². The number of amides is 1. The van der Waals surface area contributed by atoms with Gasteiger partial charge in [0.1, 0.15) is 5.60 Å². The summed E-state index contributed by atoms with van der Waals surface area (Å²) in [6.45, 7) is 16.8. The summed E-state index contributed by atoms with van der Waals surface area (Å²) in [6, 6.07) is 1.67. The van der Waals surface area contributed by atoms with Crippen molar-refractivity contribution >= 4 is 14.4 Å². The Labute approximate surface area is 159 Å². The Bertz CT molecular complexity index is 531. The average molecular weight is 385 g/mol. The highest BCUT2D eigenvalue weighted by atomic mass is 28.4. The van der Waals surface area contributed by atoms with E-state index >= 15 is 0 Å². The van der Waals surface area contributed by atoms with Crippen LogP contribution in [-0.4, -0.2) is 54.8 Å². The zero-order valence-electron chi connectivity index (χ0n) is 17.6. The highest BCUT2D eigenvalue weighted by Crippen LogP contribution is 2.39. The number of hydrogen-bond donors (Lipinski definition) is 1. The van der Waals surface area contributed by atoms with Crippen LogP contribution < -0.4 is 0 Å². The summed E-state index contributed by atoms with van der Waals surface area (Å²) in [5.74, 6) is 0. The first-order chi connectivity index (χ1) is 11.7. The van der Waals surface area contributed by atoms with Gasteiger partial charge in [0.25, 0.3) is 0 Å². The van der Waals surface area contributed by atoms with Gasteiger partial charge in [-0.2, -0.15) is 5.26 Å². The van der Waals surface area contributed by atoms with Crippen LogP contribution in [0, 0.1) is 11.3 Å². The number of hydrogen-bond acceptors (Lipinski definition) is 5. The Morgan fingerprint density at radius 2 is 1.88 bits per heavy atom. The van der Waals surface area contributed by atoms with E-state index in [0.717, 1.165) is 0 Å². The van der Waals surface area contributed by atoms with Crippen LogP contribution in [0.3, 0.4) is 0 Å². The molecule has 0 bridgehead atoms. The van der Waals surface area contributed by atoms with E-state index in [9.17, 15) is 9.90 Å². The monoisotopic (exact) mass is 384 g/mol. The number of aliphatic hydroxyl groups is 1. The van der Waals surface area contributed by atoms with Gasteiger partial charge in [0, 0.05) is 13.0 Å². The SMILES string of the molecule is CC(C)(C)OC(=O)N1C[C@H](O[Si](C)(C)C(C)(C)C)C[C@H]1[C@H](O)CCC#N. The lowest BCUT2D eigenvalue weighted by Gasteiger charge is -2.38. The summed E-state index contributed by atoms with van der Waals surface area (Å²) in [5, 5.41) is 19.4. The molecule has 150 valence electrons. The van der Waals surface area contributed by atoms with Crippen molar-refractivity contribution in [2.45, 2.75) is 103 Å². The van der Waals surface area contributed by atoms with Crippen LogP contribution in [-0.2, 0) is 9.16 Å². The second-order valence-electron chi connectivity index (χ2n) is 9.70. The predicted molar refractivity (Wildman–Crippen MR) is 104 cm³/mol. The van der Waals surface area contributed by atoms with Gasteiger partial charge >= 0.3 is 6.09 Å². The van der Waals surface area contributed by atoms with Crippen molar-refractivity contribution in [3.8, 4) is 6.07 Å². The van der Waals surface area contributed by atoms with Crippen molar-refractivity contribution in [2.75, 3.05) is 6.54 Å². The molecular weight excluding hydrogens is 348 g/mol. The highest BCUT2D eigenvalue weighted by Gasteiger charge is 2.46. The average Bonchev–Trinajstić information content (AvgIpc) is 2.85. The van der Waals surface area contributed by atoms with E-state index in [4.69, 9.17) is 14.4 Å². The summed E-state index contributed by atoms with van der Waals surface area (Å²) < 4.78 is 12.0. The van der Waals surface area contributed by atoms with Crippen molar-refractivity contribution in [3.63, 3.8) is 0 Å². The van der Waals surface area contributed by atoms with Gasteiger partial charge in [-0.05, 0) is 51.7 Å². The van der Waals surface area contributed by atoms with Crippen LogP contribution in [0.2, 0.25) is 18.1 Å². The molecule has 0 aromatic heterocycles. The Hall–Kier alpha value is -1.10. The number of carbonyl (C=O) groups is 1. The fourth-order valence-corrected chi connectivity index (χ4v) is 4.16. The maximum Gasteiger partial charge on any atom is 0.410 e. The zero-order chi connectivity index (χ0) is 20.3. The van der Waals surface area contributed by atoms with Crippen LogP contribution in [0.4, 0.5) is 4.79 Å². The minimum Gasteiger partial charge on any atom is -0.444 e. The van der Waals surface area contributed by atoms with Crippen molar-refractivity contribution in [1.29, 1.82) is 5.26 Å². The number of rotatable bonds is 5. The van der Waals surface area contributed by atoms with Gasteiger partial charge in [-0.25, -0.2) is 4.79 Å². The third-order valence-corrected chi connectivity index (χ3v) is 9.73. The first kappa shape index (κ1) is 22.9. The summed E-state index contributed by atoms with van der Waals surface area (Å²) in [7, 11) is -1.98. The van der Waals surface area contributed by atoms with Gasteiger partial charge in [0.05, 0.1) is 24.3 Å². The van der Waals surface area contributed by atoms with E-state index in [1.807, 2.05) is 20.8 Å². The molecule has 7 heteroatoms. The quantitative estimate of drug-likeness (QED) is 0.723. The van der Waals surface area contributed by atoms with Crippen LogP contribution in [0.1, 0.15) is 60.8 Å². The maximum atomic E-state index is 12.6. The molecular formula is C19H36N2O4Si. The lowest BCUT2D eigenvalue weighted by molar-refractivity contribution is 0.00376. The summed E-state index contributed by atoms with van der Waals surface area (Å²) in [5.41, 5.74) is -0.600. The molecule has 1 aliphatic heterocycles. The Kier molecular flexibility index (Phi) is 7.31.